The van der Waals surface area contributed by atoms with Gasteiger partial charge >= 0.3 is 0 Å². The van der Waals surface area contributed by atoms with Crippen molar-refractivity contribution in [3.8, 4) is 0 Å². The Kier molecular flexibility index (Phi) is 4.56. The van der Waals surface area contributed by atoms with Crippen molar-refractivity contribution in [3.63, 3.8) is 0 Å². The van der Waals surface area contributed by atoms with E-state index in [4.69, 9.17) is 0 Å². The molecule has 0 saturated heterocycles. The average Bonchev–Trinajstić information content (AvgIpc) is 2.89. The lowest BCUT2D eigenvalue weighted by Crippen LogP contribution is -2.37. The maximum absolute atomic E-state index is 14.1. The normalized spacial score (nSPS) is 19.6. The van der Waals surface area contributed by atoms with Crippen LogP contribution >= 0.6 is 0 Å². The molecule has 0 bridgehead atoms. The molecule has 0 amide bonds. The van der Waals surface area contributed by atoms with Crippen LogP contribution in [0, 0.1) is 17.0 Å². The van der Waals surface area contributed by atoms with Gasteiger partial charge in [0, 0.05) is 11.6 Å². The lowest BCUT2D eigenvalue weighted by molar-refractivity contribution is 0.184. The summed E-state index contributed by atoms with van der Waals surface area (Å²) < 4.78 is 27.6. The van der Waals surface area contributed by atoms with Crippen LogP contribution in [0.1, 0.15) is 57.6 Å². The summed E-state index contributed by atoms with van der Waals surface area (Å²) in [5.41, 5.74) is 0.565. The molecule has 106 valence electrons. The van der Waals surface area contributed by atoms with Gasteiger partial charge in [-0.3, -0.25) is 0 Å². The molecular formula is C16H23F2N. The molecule has 1 fully saturated rings. The van der Waals surface area contributed by atoms with E-state index in [-0.39, 0.29) is 11.5 Å². The monoisotopic (exact) mass is 267 g/mol. The van der Waals surface area contributed by atoms with Gasteiger partial charge in [-0.2, -0.15) is 0 Å². The molecule has 0 aliphatic heterocycles. The van der Waals surface area contributed by atoms with Crippen LogP contribution in [0.4, 0.5) is 8.78 Å². The largest absolute Gasteiger partial charge is 0.310 e. The molecule has 0 aromatic heterocycles. The molecule has 1 aromatic rings. The summed E-state index contributed by atoms with van der Waals surface area (Å²) in [5, 5.41) is 3.39. The lowest BCUT2D eigenvalue weighted by Gasteiger charge is -2.38. The van der Waals surface area contributed by atoms with Crippen molar-refractivity contribution in [1.29, 1.82) is 0 Å². The molecular weight excluding hydrogens is 244 g/mol. The first-order valence-electron chi connectivity index (χ1n) is 7.32. The van der Waals surface area contributed by atoms with E-state index in [1.807, 2.05) is 6.92 Å². The van der Waals surface area contributed by atoms with Crippen molar-refractivity contribution in [2.75, 3.05) is 6.54 Å². The van der Waals surface area contributed by atoms with Gasteiger partial charge in [0.1, 0.15) is 0 Å². The Balaban J connectivity index is 2.41. The van der Waals surface area contributed by atoms with Crippen molar-refractivity contribution in [3.05, 3.63) is 35.4 Å². The number of hydrogen-bond acceptors (Lipinski definition) is 1. The van der Waals surface area contributed by atoms with Gasteiger partial charge in [-0.1, -0.05) is 38.8 Å². The molecule has 1 aliphatic carbocycles. The van der Waals surface area contributed by atoms with Crippen LogP contribution in [0.5, 0.6) is 0 Å². The number of rotatable bonds is 5. The van der Waals surface area contributed by atoms with Crippen molar-refractivity contribution >= 4 is 0 Å². The van der Waals surface area contributed by atoms with Gasteiger partial charge in [0.05, 0.1) is 0 Å². The average molecular weight is 267 g/mol. The molecule has 0 spiro atoms. The summed E-state index contributed by atoms with van der Waals surface area (Å²) >= 11 is 0. The maximum atomic E-state index is 14.1. The van der Waals surface area contributed by atoms with E-state index in [1.165, 1.54) is 18.9 Å². The van der Waals surface area contributed by atoms with Gasteiger partial charge in [0.15, 0.2) is 11.6 Å². The molecule has 1 unspecified atom stereocenters. The first-order chi connectivity index (χ1) is 9.14. The molecule has 1 atom stereocenters. The summed E-state index contributed by atoms with van der Waals surface area (Å²) in [6, 6.07) is 4.44. The molecule has 1 nitrogen and oxygen atoms in total. The van der Waals surface area contributed by atoms with Crippen LogP contribution < -0.4 is 5.32 Å². The van der Waals surface area contributed by atoms with E-state index in [1.54, 1.807) is 12.1 Å². The Bertz CT molecular complexity index is 425. The highest BCUT2D eigenvalue weighted by Crippen LogP contribution is 2.50. The first kappa shape index (κ1) is 14.4. The van der Waals surface area contributed by atoms with Gasteiger partial charge in [0.25, 0.3) is 0 Å². The second kappa shape index (κ2) is 6.00. The number of hydrogen-bond donors (Lipinski definition) is 1. The third-order valence-electron chi connectivity index (χ3n) is 4.62. The number of halogens is 2. The number of benzene rings is 1. The van der Waals surface area contributed by atoms with E-state index in [2.05, 4.69) is 12.2 Å². The summed E-state index contributed by atoms with van der Waals surface area (Å²) in [4.78, 5) is 0. The minimum Gasteiger partial charge on any atom is -0.310 e. The van der Waals surface area contributed by atoms with Crippen molar-refractivity contribution in [2.24, 2.45) is 5.41 Å². The van der Waals surface area contributed by atoms with Crippen LogP contribution in [0.25, 0.3) is 0 Å². The Morgan fingerprint density at radius 3 is 2.47 bits per heavy atom. The predicted octanol–water partition coefficient (Wildman–Crippen LogP) is 4.59. The molecule has 1 N–H and O–H groups in total. The van der Waals surface area contributed by atoms with E-state index < -0.39 is 11.6 Å². The second-order valence-corrected chi connectivity index (χ2v) is 5.56. The fourth-order valence-corrected chi connectivity index (χ4v) is 3.53. The summed E-state index contributed by atoms with van der Waals surface area (Å²) in [5.74, 6) is -1.43. The molecule has 1 aliphatic rings. The Morgan fingerprint density at radius 2 is 1.89 bits per heavy atom. The third-order valence-corrected chi connectivity index (χ3v) is 4.62. The van der Waals surface area contributed by atoms with E-state index in [0.29, 0.717) is 5.56 Å². The van der Waals surface area contributed by atoms with Crippen LogP contribution in [0.2, 0.25) is 0 Å². The van der Waals surface area contributed by atoms with E-state index in [0.717, 1.165) is 25.8 Å². The molecule has 0 radical (unpaired) electrons. The van der Waals surface area contributed by atoms with Crippen LogP contribution in [-0.2, 0) is 0 Å². The zero-order chi connectivity index (χ0) is 13.9. The molecule has 0 heterocycles. The highest BCUT2D eigenvalue weighted by Gasteiger charge is 2.41. The zero-order valence-corrected chi connectivity index (χ0v) is 11.8. The SMILES string of the molecule is CCNC(c1cccc(F)c1F)C1(CC)CCCC1. The van der Waals surface area contributed by atoms with Gasteiger partial charge in [-0.25, -0.2) is 8.78 Å². The van der Waals surface area contributed by atoms with E-state index >= 15 is 0 Å². The minimum absolute atomic E-state index is 0.0741. The van der Waals surface area contributed by atoms with Crippen molar-refractivity contribution in [1.82, 2.24) is 5.32 Å². The fourth-order valence-electron chi connectivity index (χ4n) is 3.53. The third kappa shape index (κ3) is 2.66. The quantitative estimate of drug-likeness (QED) is 0.823. The number of nitrogens with one attached hydrogen (secondary N) is 1. The summed E-state index contributed by atoms with van der Waals surface area (Å²) in [7, 11) is 0. The zero-order valence-electron chi connectivity index (χ0n) is 11.8. The Morgan fingerprint density at radius 1 is 1.21 bits per heavy atom. The van der Waals surface area contributed by atoms with Gasteiger partial charge < -0.3 is 5.32 Å². The predicted molar refractivity (Wildman–Crippen MR) is 74.0 cm³/mol. The maximum Gasteiger partial charge on any atom is 0.163 e. The van der Waals surface area contributed by atoms with Gasteiger partial charge in [-0.05, 0) is 37.3 Å². The van der Waals surface area contributed by atoms with Crippen molar-refractivity contribution in [2.45, 2.75) is 52.0 Å². The topological polar surface area (TPSA) is 12.0 Å². The molecule has 1 saturated carbocycles. The molecule has 3 heteroatoms. The highest BCUT2D eigenvalue weighted by molar-refractivity contribution is 5.25. The van der Waals surface area contributed by atoms with E-state index in [9.17, 15) is 8.78 Å². The standard InChI is InChI=1S/C16H23F2N/c1-3-16(10-5-6-11-16)15(19-4-2)12-8-7-9-13(17)14(12)18/h7-9,15,19H,3-6,10-11H2,1-2H3. The van der Waals surface area contributed by atoms with Crippen molar-refractivity contribution < 1.29 is 8.78 Å². The van der Waals surface area contributed by atoms with Gasteiger partial charge in [0.2, 0.25) is 0 Å². The fraction of sp³-hybridized carbons (Fsp3) is 0.625. The Labute approximate surface area is 114 Å². The summed E-state index contributed by atoms with van der Waals surface area (Å²) in [6.45, 7) is 4.94. The summed E-state index contributed by atoms with van der Waals surface area (Å²) in [6.07, 6.45) is 5.56. The van der Waals surface area contributed by atoms with Crippen LogP contribution in [-0.4, -0.2) is 6.54 Å². The minimum atomic E-state index is -0.746. The Hall–Kier alpha value is -0.960. The van der Waals surface area contributed by atoms with Crippen LogP contribution in [0.3, 0.4) is 0 Å². The smallest absolute Gasteiger partial charge is 0.163 e. The van der Waals surface area contributed by atoms with Crippen LogP contribution in [0.15, 0.2) is 18.2 Å². The highest BCUT2D eigenvalue weighted by atomic mass is 19.2. The lowest BCUT2D eigenvalue weighted by atomic mass is 9.73. The molecule has 19 heavy (non-hydrogen) atoms. The second-order valence-electron chi connectivity index (χ2n) is 5.56. The molecule has 2 rings (SSSR count). The first-order valence-corrected chi connectivity index (χ1v) is 7.32. The molecule has 1 aromatic carbocycles. The van der Waals surface area contributed by atoms with Gasteiger partial charge in [-0.15, -0.1) is 0 Å².